The zero-order valence-electron chi connectivity index (χ0n) is 10.0. The Hall–Kier alpha value is -1.34. The lowest BCUT2D eigenvalue weighted by molar-refractivity contribution is 0.817. The largest absolute Gasteiger partial charge is 0.316 e. The van der Waals surface area contributed by atoms with Gasteiger partial charge in [-0.05, 0) is 31.5 Å². The lowest BCUT2D eigenvalue weighted by Crippen LogP contribution is -2.11. The number of likely N-dealkylation sites (N-methyl/N-ethyl adjacent to an activating group) is 1. The number of rotatable bonds is 3. The first-order valence-electron chi connectivity index (χ1n) is 5.88. The number of aryl methyl sites for hydroxylation is 1. The van der Waals surface area contributed by atoms with Gasteiger partial charge in [0.25, 0.3) is 0 Å². The monoisotopic (exact) mass is 213 g/mol. The van der Waals surface area contributed by atoms with E-state index in [1.807, 2.05) is 7.05 Å². The van der Waals surface area contributed by atoms with E-state index in [1.54, 1.807) is 0 Å². The summed E-state index contributed by atoms with van der Waals surface area (Å²) in [7, 11) is 1.99. The molecule has 0 amide bonds. The van der Waals surface area contributed by atoms with E-state index in [2.05, 4.69) is 54.7 Å². The Balaban J connectivity index is 2.05. The Morgan fingerprint density at radius 3 is 2.56 bits per heavy atom. The quantitative estimate of drug-likeness (QED) is 0.813. The summed E-state index contributed by atoms with van der Waals surface area (Å²) in [5.74, 6) is 0.557. The molecule has 16 heavy (non-hydrogen) atoms. The van der Waals surface area contributed by atoms with E-state index in [0.29, 0.717) is 5.92 Å². The number of nitrogens with one attached hydrogen (secondary N) is 1. The van der Waals surface area contributed by atoms with Crippen LogP contribution in [0.5, 0.6) is 0 Å². The van der Waals surface area contributed by atoms with Crippen molar-refractivity contribution in [2.24, 2.45) is 0 Å². The molecule has 1 unspecified atom stereocenters. The fourth-order valence-electron chi connectivity index (χ4n) is 2.06. The highest BCUT2D eigenvalue weighted by atomic mass is 14.8. The smallest absolute Gasteiger partial charge is 0.0199 e. The van der Waals surface area contributed by atoms with Gasteiger partial charge in [-0.2, -0.15) is 0 Å². The molecule has 1 atom stereocenters. The Labute approximate surface area is 97.9 Å². The van der Waals surface area contributed by atoms with Crippen LogP contribution in [0.3, 0.4) is 0 Å². The summed E-state index contributed by atoms with van der Waals surface area (Å²) in [6.07, 6.45) is 8.01. The Morgan fingerprint density at radius 2 is 2.00 bits per heavy atom. The molecule has 1 heteroatoms. The summed E-state index contributed by atoms with van der Waals surface area (Å²) < 4.78 is 0. The predicted octanol–water partition coefficient (Wildman–Crippen LogP) is 3.18. The molecule has 0 fully saturated rings. The highest BCUT2D eigenvalue weighted by Gasteiger charge is 2.10. The zero-order valence-corrected chi connectivity index (χ0v) is 10.0. The third-order valence-electron chi connectivity index (χ3n) is 3.06. The van der Waals surface area contributed by atoms with Crippen molar-refractivity contribution < 1.29 is 0 Å². The van der Waals surface area contributed by atoms with E-state index < -0.39 is 0 Å². The summed E-state index contributed by atoms with van der Waals surface area (Å²) in [6.45, 7) is 3.10. The molecule has 0 saturated heterocycles. The van der Waals surface area contributed by atoms with Gasteiger partial charge >= 0.3 is 0 Å². The van der Waals surface area contributed by atoms with Crippen LogP contribution < -0.4 is 5.32 Å². The van der Waals surface area contributed by atoms with Crippen molar-refractivity contribution in [1.29, 1.82) is 0 Å². The highest BCUT2D eigenvalue weighted by Crippen LogP contribution is 2.26. The van der Waals surface area contributed by atoms with Crippen LogP contribution >= 0.6 is 0 Å². The lowest BCUT2D eigenvalue weighted by Gasteiger charge is -2.16. The number of hydrogen-bond donors (Lipinski definition) is 1. The van der Waals surface area contributed by atoms with E-state index in [1.165, 1.54) is 16.7 Å². The molecule has 1 N–H and O–H groups in total. The molecule has 2 rings (SSSR count). The average molecular weight is 213 g/mol. The van der Waals surface area contributed by atoms with Crippen LogP contribution in [0.2, 0.25) is 0 Å². The molecule has 0 bridgehead atoms. The van der Waals surface area contributed by atoms with E-state index >= 15 is 0 Å². The molecule has 0 spiro atoms. The van der Waals surface area contributed by atoms with Crippen LogP contribution in [-0.2, 0) is 0 Å². The van der Waals surface area contributed by atoms with Crippen molar-refractivity contribution in [1.82, 2.24) is 5.32 Å². The predicted molar refractivity (Wildman–Crippen MR) is 69.7 cm³/mol. The molecule has 1 aromatic carbocycles. The van der Waals surface area contributed by atoms with E-state index in [0.717, 1.165) is 13.0 Å². The van der Waals surface area contributed by atoms with Crippen molar-refractivity contribution >= 4 is 0 Å². The van der Waals surface area contributed by atoms with Crippen LogP contribution in [-0.4, -0.2) is 13.6 Å². The maximum Gasteiger partial charge on any atom is 0.0199 e. The van der Waals surface area contributed by atoms with Gasteiger partial charge in [0.05, 0.1) is 0 Å². The Morgan fingerprint density at radius 1 is 1.25 bits per heavy atom. The van der Waals surface area contributed by atoms with Gasteiger partial charge in [-0.3, -0.25) is 0 Å². The summed E-state index contributed by atoms with van der Waals surface area (Å²) >= 11 is 0. The third kappa shape index (κ3) is 2.61. The van der Waals surface area contributed by atoms with Crippen LogP contribution in [0.15, 0.2) is 48.1 Å². The maximum atomic E-state index is 3.18. The standard InChI is InChI=1S/C15H19N/c1-12-3-7-14(8-4-12)15-9-5-13(6-10-15)11-16-2/h3-9,15-16H,10-11H2,1-2H3. The maximum absolute atomic E-state index is 3.18. The third-order valence-corrected chi connectivity index (χ3v) is 3.06. The molecule has 0 heterocycles. The fraction of sp³-hybridized carbons (Fsp3) is 0.333. The van der Waals surface area contributed by atoms with E-state index in [-0.39, 0.29) is 0 Å². The molecule has 0 aliphatic heterocycles. The Bertz CT molecular complexity index is 398. The molecule has 1 aromatic rings. The number of allylic oxidation sites excluding steroid dienone is 2. The normalized spacial score (nSPS) is 19.6. The summed E-state index contributed by atoms with van der Waals surface area (Å²) in [5.41, 5.74) is 4.14. The number of benzene rings is 1. The van der Waals surface area contributed by atoms with Gasteiger partial charge in [0.2, 0.25) is 0 Å². The summed E-state index contributed by atoms with van der Waals surface area (Å²) in [4.78, 5) is 0. The van der Waals surface area contributed by atoms with Gasteiger partial charge in [-0.15, -0.1) is 0 Å². The molecule has 1 nitrogen and oxygen atoms in total. The molecule has 1 aliphatic carbocycles. The first-order chi connectivity index (χ1) is 7.79. The van der Waals surface area contributed by atoms with Gasteiger partial charge in [-0.25, -0.2) is 0 Å². The minimum atomic E-state index is 0.557. The minimum absolute atomic E-state index is 0.557. The van der Waals surface area contributed by atoms with Crippen molar-refractivity contribution in [3.05, 3.63) is 59.2 Å². The molecular formula is C15H19N. The second-order valence-electron chi connectivity index (χ2n) is 4.42. The van der Waals surface area contributed by atoms with Crippen molar-refractivity contribution in [2.75, 3.05) is 13.6 Å². The molecule has 84 valence electrons. The SMILES string of the molecule is CNCC1=CCC(c2ccc(C)cc2)C=C1. The average Bonchev–Trinajstić information content (AvgIpc) is 2.32. The number of hydrogen-bond acceptors (Lipinski definition) is 1. The van der Waals surface area contributed by atoms with Crippen LogP contribution in [0, 0.1) is 6.92 Å². The summed E-state index contributed by atoms with van der Waals surface area (Å²) in [5, 5.41) is 3.18. The van der Waals surface area contributed by atoms with Crippen molar-refractivity contribution in [2.45, 2.75) is 19.3 Å². The van der Waals surface area contributed by atoms with E-state index in [9.17, 15) is 0 Å². The van der Waals surface area contributed by atoms with Crippen molar-refractivity contribution in [3.63, 3.8) is 0 Å². The van der Waals surface area contributed by atoms with Crippen LogP contribution in [0.4, 0.5) is 0 Å². The minimum Gasteiger partial charge on any atom is -0.316 e. The van der Waals surface area contributed by atoms with Gasteiger partial charge < -0.3 is 5.32 Å². The fourth-order valence-corrected chi connectivity index (χ4v) is 2.06. The molecule has 0 aromatic heterocycles. The Kier molecular flexibility index (Phi) is 3.58. The van der Waals surface area contributed by atoms with Crippen molar-refractivity contribution in [3.8, 4) is 0 Å². The van der Waals surface area contributed by atoms with Crippen LogP contribution in [0.25, 0.3) is 0 Å². The highest BCUT2D eigenvalue weighted by molar-refractivity contribution is 5.34. The van der Waals surface area contributed by atoms with Gasteiger partial charge in [0, 0.05) is 12.5 Å². The van der Waals surface area contributed by atoms with Gasteiger partial charge in [0.1, 0.15) is 0 Å². The second-order valence-corrected chi connectivity index (χ2v) is 4.42. The van der Waals surface area contributed by atoms with Gasteiger partial charge in [-0.1, -0.05) is 48.1 Å². The molecule has 0 radical (unpaired) electrons. The summed E-state index contributed by atoms with van der Waals surface area (Å²) in [6, 6.07) is 8.86. The van der Waals surface area contributed by atoms with Crippen LogP contribution in [0.1, 0.15) is 23.5 Å². The molecule has 1 aliphatic rings. The first-order valence-corrected chi connectivity index (χ1v) is 5.88. The topological polar surface area (TPSA) is 12.0 Å². The lowest BCUT2D eigenvalue weighted by atomic mass is 9.90. The van der Waals surface area contributed by atoms with Gasteiger partial charge in [0.15, 0.2) is 0 Å². The first kappa shape index (κ1) is 11.2. The van der Waals surface area contributed by atoms with E-state index in [4.69, 9.17) is 0 Å². The zero-order chi connectivity index (χ0) is 11.4. The molecular weight excluding hydrogens is 194 g/mol. The second kappa shape index (κ2) is 5.13. The molecule has 0 saturated carbocycles.